The summed E-state index contributed by atoms with van der Waals surface area (Å²) in [6.45, 7) is 9.18. The van der Waals surface area contributed by atoms with E-state index in [9.17, 15) is 19.2 Å². The molecule has 368 valence electrons. The molecule has 0 spiro atoms. The van der Waals surface area contributed by atoms with Crippen molar-refractivity contribution in [2.24, 2.45) is 11.8 Å². The SMILES string of the molecule is CCCCC#Cc1ccccc1C(=O)OC1OC(COC(c2ccccc2)(c2ccccc2)c2ccccc2)[C@H](OC(C)=O)[C@H](O[C@@H]2OC(C)[C@@H](C)[C@H](C)C2OC(C)=O)C1NC(=O)OCC(Cl)(Cl)Cl. The number of nitrogens with one attached hydrogen (secondary N) is 1. The van der Waals surface area contributed by atoms with Gasteiger partial charge in [-0.15, -0.1) is 0 Å². The fourth-order valence-corrected chi connectivity index (χ4v) is 8.62. The zero-order valence-corrected chi connectivity index (χ0v) is 41.6. The van der Waals surface area contributed by atoms with E-state index >= 15 is 0 Å². The molecule has 10 atom stereocenters. The molecule has 0 aliphatic carbocycles. The number of esters is 3. The van der Waals surface area contributed by atoms with E-state index in [1.54, 1.807) is 24.3 Å². The van der Waals surface area contributed by atoms with Gasteiger partial charge in [0.15, 0.2) is 18.5 Å². The highest BCUT2D eigenvalue weighted by molar-refractivity contribution is 6.67. The van der Waals surface area contributed by atoms with Crippen molar-refractivity contribution in [3.8, 4) is 11.8 Å². The number of amides is 1. The molecular formula is C53H58Cl3NO12. The highest BCUT2D eigenvalue weighted by atomic mass is 35.6. The second-order valence-electron chi connectivity index (χ2n) is 17.0. The van der Waals surface area contributed by atoms with Gasteiger partial charge < -0.3 is 43.2 Å². The van der Waals surface area contributed by atoms with Crippen LogP contribution in [0.4, 0.5) is 4.79 Å². The average molecular weight is 1010 g/mol. The van der Waals surface area contributed by atoms with Crippen molar-refractivity contribution in [2.45, 2.75) is 119 Å². The van der Waals surface area contributed by atoms with Crippen LogP contribution in [0, 0.1) is 23.7 Å². The maximum absolute atomic E-state index is 14.5. The highest BCUT2D eigenvalue weighted by Crippen LogP contribution is 2.42. The molecule has 2 aliphatic rings. The summed E-state index contributed by atoms with van der Waals surface area (Å²) >= 11 is 17.9. The zero-order chi connectivity index (χ0) is 49.7. The van der Waals surface area contributed by atoms with Gasteiger partial charge in [-0.05, 0) is 48.1 Å². The van der Waals surface area contributed by atoms with E-state index in [0.29, 0.717) is 12.0 Å². The molecule has 4 aromatic carbocycles. The van der Waals surface area contributed by atoms with Crippen LogP contribution in [0.5, 0.6) is 0 Å². The number of hydrogen-bond donors (Lipinski definition) is 1. The highest BCUT2D eigenvalue weighted by Gasteiger charge is 2.55. The number of carbonyl (C=O) groups excluding carboxylic acids is 4. The smallest absolute Gasteiger partial charge is 0.407 e. The number of alkyl halides is 3. The molecule has 6 rings (SSSR count). The van der Waals surface area contributed by atoms with Crippen LogP contribution in [0.1, 0.15) is 93.4 Å². The fraction of sp³-hybridized carbons (Fsp3) is 0.434. The standard InChI is InChI=1S/C53H58Cl3NO12/c1-7-8-9-13-22-38-23-20-21-30-42(38)48(60)69-49-44(57-51(61)62-32-52(54,55)56)47(68-50-45(65-36(5)58)34(3)33(2)35(4)64-50)46(66-37(6)59)43(67-49)31-63-53(39-24-14-10-15-25-39,40-26-16-11-17-27-40)41-28-18-12-19-29-41/h10-12,14-21,23-30,33-35,43-47,49-50H,7-9,31-32H2,1-6H3,(H,57,61)/t33-,34-,35?,43?,44?,45?,46-,47+,49?,50-/m0/s1. The third-order valence-electron chi connectivity index (χ3n) is 12.2. The van der Waals surface area contributed by atoms with E-state index in [0.717, 1.165) is 29.5 Å². The molecule has 0 radical (unpaired) electrons. The molecule has 2 heterocycles. The number of benzene rings is 4. The van der Waals surface area contributed by atoms with Gasteiger partial charge in [0.05, 0.1) is 18.3 Å². The van der Waals surface area contributed by atoms with E-state index < -0.39 is 89.1 Å². The average Bonchev–Trinajstić information content (AvgIpc) is 3.33. The van der Waals surface area contributed by atoms with Gasteiger partial charge in [-0.3, -0.25) is 9.59 Å². The maximum atomic E-state index is 14.5. The second-order valence-corrected chi connectivity index (χ2v) is 19.5. The Labute approximate surface area is 418 Å². The van der Waals surface area contributed by atoms with Crippen molar-refractivity contribution >= 4 is 58.8 Å². The van der Waals surface area contributed by atoms with Crippen LogP contribution in [0.3, 0.4) is 0 Å². The Morgan fingerprint density at radius 1 is 0.681 bits per heavy atom. The predicted octanol–water partition coefficient (Wildman–Crippen LogP) is 9.85. The molecular weight excluding hydrogens is 949 g/mol. The van der Waals surface area contributed by atoms with E-state index in [1.165, 1.54) is 13.8 Å². The summed E-state index contributed by atoms with van der Waals surface area (Å²) in [5.74, 6) is 3.53. The summed E-state index contributed by atoms with van der Waals surface area (Å²) < 4.78 is 48.8. The number of unbranched alkanes of at least 4 members (excludes halogenated alkanes) is 2. The molecule has 5 unspecified atom stereocenters. The van der Waals surface area contributed by atoms with E-state index in [4.69, 9.17) is 72.7 Å². The number of alkyl carbamates (subject to hydrolysis) is 1. The van der Waals surface area contributed by atoms with Crippen LogP contribution in [-0.2, 0) is 53.1 Å². The number of ether oxygens (including phenoxy) is 8. The van der Waals surface area contributed by atoms with Crippen LogP contribution in [-0.4, -0.2) is 90.1 Å². The van der Waals surface area contributed by atoms with Gasteiger partial charge in [0, 0.05) is 31.7 Å². The molecule has 0 aromatic heterocycles. The van der Waals surface area contributed by atoms with Crippen LogP contribution < -0.4 is 5.32 Å². The molecule has 2 fully saturated rings. The van der Waals surface area contributed by atoms with Crippen LogP contribution in [0.25, 0.3) is 0 Å². The number of hydrogen-bond acceptors (Lipinski definition) is 12. The van der Waals surface area contributed by atoms with Crippen molar-refractivity contribution < 1.29 is 57.1 Å². The first kappa shape index (κ1) is 53.2. The fourth-order valence-electron chi connectivity index (χ4n) is 8.46. The molecule has 0 saturated carbocycles. The van der Waals surface area contributed by atoms with Gasteiger partial charge in [0.25, 0.3) is 0 Å². The molecule has 1 N–H and O–H groups in total. The number of rotatable bonds is 16. The molecule has 2 aliphatic heterocycles. The molecule has 4 aromatic rings. The summed E-state index contributed by atoms with van der Waals surface area (Å²) in [5.41, 5.74) is 1.44. The van der Waals surface area contributed by atoms with Crippen LogP contribution >= 0.6 is 34.8 Å². The summed E-state index contributed by atoms with van der Waals surface area (Å²) in [5, 5.41) is 2.67. The Morgan fingerprint density at radius 2 is 1.23 bits per heavy atom. The van der Waals surface area contributed by atoms with Gasteiger partial charge in [-0.25, -0.2) is 9.59 Å². The monoisotopic (exact) mass is 1010 g/mol. The van der Waals surface area contributed by atoms with Crippen molar-refractivity contribution in [1.82, 2.24) is 5.32 Å². The third-order valence-corrected chi connectivity index (χ3v) is 12.5. The lowest BCUT2D eigenvalue weighted by Crippen LogP contribution is -2.68. The first-order chi connectivity index (χ1) is 33.0. The summed E-state index contributed by atoms with van der Waals surface area (Å²) in [6.07, 6.45) is -7.54. The lowest BCUT2D eigenvalue weighted by Gasteiger charge is -2.49. The van der Waals surface area contributed by atoms with Gasteiger partial charge in [-0.1, -0.05) is 177 Å². The summed E-state index contributed by atoms with van der Waals surface area (Å²) in [7, 11) is 0. The van der Waals surface area contributed by atoms with Gasteiger partial charge in [0.1, 0.15) is 30.5 Å². The Bertz CT molecular complexity index is 2300. The van der Waals surface area contributed by atoms with Crippen molar-refractivity contribution in [3.63, 3.8) is 0 Å². The Balaban J connectivity index is 1.52. The lowest BCUT2D eigenvalue weighted by atomic mass is 9.80. The Kier molecular flexibility index (Phi) is 19.0. The third kappa shape index (κ3) is 13.8. The lowest BCUT2D eigenvalue weighted by molar-refractivity contribution is -0.329. The van der Waals surface area contributed by atoms with Crippen LogP contribution in [0.15, 0.2) is 115 Å². The molecule has 13 nitrogen and oxygen atoms in total. The number of carbonyl (C=O) groups is 4. The molecule has 16 heteroatoms. The molecule has 69 heavy (non-hydrogen) atoms. The van der Waals surface area contributed by atoms with Gasteiger partial charge >= 0.3 is 24.0 Å². The normalized spacial score (nSPS) is 24.7. The minimum absolute atomic E-state index is 0.105. The van der Waals surface area contributed by atoms with Crippen molar-refractivity contribution in [2.75, 3.05) is 13.2 Å². The van der Waals surface area contributed by atoms with E-state index in [1.807, 2.05) is 112 Å². The quantitative estimate of drug-likeness (QED) is 0.0284. The largest absolute Gasteiger partial charge is 0.457 e. The minimum Gasteiger partial charge on any atom is -0.457 e. The van der Waals surface area contributed by atoms with E-state index in [2.05, 4.69) is 24.1 Å². The number of halogens is 3. The predicted molar refractivity (Wildman–Crippen MR) is 259 cm³/mol. The first-order valence-electron chi connectivity index (χ1n) is 22.9. The Morgan fingerprint density at radius 3 is 1.78 bits per heavy atom. The van der Waals surface area contributed by atoms with Crippen molar-refractivity contribution in [1.29, 1.82) is 0 Å². The van der Waals surface area contributed by atoms with Gasteiger partial charge in [-0.2, -0.15) is 0 Å². The minimum atomic E-state index is -2.01. The van der Waals surface area contributed by atoms with Crippen molar-refractivity contribution in [3.05, 3.63) is 143 Å². The maximum Gasteiger partial charge on any atom is 0.407 e. The molecule has 0 bridgehead atoms. The Hall–Kier alpha value is -5.17. The zero-order valence-electron chi connectivity index (χ0n) is 39.3. The second kappa shape index (κ2) is 24.6. The summed E-state index contributed by atoms with van der Waals surface area (Å²) in [4.78, 5) is 54.3. The summed E-state index contributed by atoms with van der Waals surface area (Å²) in [6, 6.07) is 33.8. The van der Waals surface area contributed by atoms with E-state index in [-0.39, 0.29) is 24.0 Å². The van der Waals surface area contributed by atoms with Gasteiger partial charge in [0.2, 0.25) is 10.1 Å². The van der Waals surface area contributed by atoms with Crippen LogP contribution in [0.2, 0.25) is 0 Å². The topological polar surface area (TPSA) is 154 Å². The molecule has 1 amide bonds. The first-order valence-corrected chi connectivity index (χ1v) is 24.1. The molecule has 2 saturated heterocycles.